The van der Waals surface area contributed by atoms with Crippen LogP contribution in [0.3, 0.4) is 0 Å². The number of halogens is 1. The molecule has 1 atom stereocenters. The first-order chi connectivity index (χ1) is 7.77. The molecule has 0 aliphatic rings. The molecule has 70 valence electrons. The zero-order valence-corrected chi connectivity index (χ0v) is 6.60. The van der Waals surface area contributed by atoms with Crippen molar-refractivity contribution in [2.75, 3.05) is 0 Å². The van der Waals surface area contributed by atoms with Crippen molar-refractivity contribution < 1.29 is 19.8 Å². The number of nitrogens with two attached hydrogens (primary N) is 1. The molecule has 3 nitrogen and oxygen atoms in total. The van der Waals surface area contributed by atoms with Crippen LogP contribution in [0.2, 0.25) is 0 Å². The lowest BCUT2D eigenvalue weighted by Crippen LogP contribution is -2.32. The minimum atomic E-state index is -1.35. The van der Waals surface area contributed by atoms with Crippen LogP contribution in [0, 0.1) is 5.82 Å². The van der Waals surface area contributed by atoms with Gasteiger partial charge in [-0.15, -0.1) is 0 Å². The van der Waals surface area contributed by atoms with Gasteiger partial charge in [0.25, 0.3) is 0 Å². The highest BCUT2D eigenvalue weighted by Crippen LogP contribution is 2.04. The lowest BCUT2D eigenvalue weighted by atomic mass is 10.1. The van der Waals surface area contributed by atoms with Crippen LogP contribution in [0.5, 0.6) is 0 Å². The Balaban J connectivity index is 3.30. The highest BCUT2D eigenvalue weighted by atomic mass is 19.1. The normalized spacial score (nSPS) is 16.8. The van der Waals surface area contributed by atoms with E-state index in [1.807, 2.05) is 0 Å². The molecule has 0 spiro atoms. The molecule has 1 rings (SSSR count). The minimum absolute atomic E-state index is 0.198. The molecule has 1 aromatic rings. The first kappa shape index (κ1) is 5.34. The van der Waals surface area contributed by atoms with Crippen LogP contribution in [0.4, 0.5) is 4.39 Å². The maximum Gasteiger partial charge on any atom is 0.320 e. The van der Waals surface area contributed by atoms with E-state index in [4.69, 9.17) is 16.3 Å². The fraction of sp³-hybridized carbons (Fsp3) is 0.222. The van der Waals surface area contributed by atoms with Crippen molar-refractivity contribution >= 4 is 5.97 Å². The van der Waals surface area contributed by atoms with Crippen molar-refractivity contribution in [3.63, 3.8) is 0 Å². The van der Waals surface area contributed by atoms with Crippen LogP contribution in [0.15, 0.2) is 24.2 Å². The van der Waals surface area contributed by atoms with Gasteiger partial charge in [-0.2, -0.15) is 0 Å². The molecule has 3 N–H and O–H groups in total. The van der Waals surface area contributed by atoms with Gasteiger partial charge in [0.15, 0.2) is 0 Å². The highest BCUT2D eigenvalue weighted by Gasteiger charge is 2.11. The van der Waals surface area contributed by atoms with Gasteiger partial charge in [0, 0.05) is 0 Å². The Bertz CT molecular complexity index is 452. The van der Waals surface area contributed by atoms with E-state index in [0.717, 1.165) is 0 Å². The summed E-state index contributed by atoms with van der Waals surface area (Å²) < 4.78 is 42.5. The fourth-order valence-electron chi connectivity index (χ4n) is 0.732. The van der Waals surface area contributed by atoms with Crippen LogP contribution in [0.1, 0.15) is 11.0 Å². The smallest absolute Gasteiger partial charge is 0.320 e. The van der Waals surface area contributed by atoms with Crippen LogP contribution in [-0.2, 0) is 11.2 Å². The van der Waals surface area contributed by atoms with Crippen LogP contribution < -0.4 is 5.73 Å². The molecule has 0 radical (unpaired) electrons. The second-order valence-electron chi connectivity index (χ2n) is 2.44. The van der Waals surface area contributed by atoms with Crippen LogP contribution in [0.25, 0.3) is 0 Å². The Labute approximate surface area is 80.6 Å². The van der Waals surface area contributed by atoms with Gasteiger partial charge in [0.05, 0.1) is 5.48 Å². The molecular weight excluding hydrogens is 173 g/mol. The van der Waals surface area contributed by atoms with Crippen molar-refractivity contribution in [3.05, 3.63) is 35.6 Å². The molecular formula is C9H10FNO2. The number of benzene rings is 1. The number of aliphatic carboxylic acids is 1. The first-order valence-electron chi connectivity index (χ1n) is 5.50. The van der Waals surface area contributed by atoms with Gasteiger partial charge < -0.3 is 10.8 Å². The van der Waals surface area contributed by atoms with Gasteiger partial charge in [-0.1, -0.05) is 12.1 Å². The summed E-state index contributed by atoms with van der Waals surface area (Å²) in [6, 6.07) is -4.19. The molecule has 0 aliphatic carbocycles. The van der Waals surface area contributed by atoms with Crippen molar-refractivity contribution in [1.82, 2.24) is 0 Å². The number of hydrogen-bond donors (Lipinski definition) is 2. The van der Waals surface area contributed by atoms with E-state index < -0.39 is 42.0 Å². The quantitative estimate of drug-likeness (QED) is 0.735. The lowest BCUT2D eigenvalue weighted by molar-refractivity contribution is -0.138. The molecule has 0 heterocycles. The molecule has 1 aromatic carbocycles. The Kier molecular flexibility index (Phi) is 1.64. The van der Waals surface area contributed by atoms with Crippen molar-refractivity contribution in [2.45, 2.75) is 12.5 Å². The summed E-state index contributed by atoms with van der Waals surface area (Å²) in [4.78, 5) is 10.5. The third-order valence-corrected chi connectivity index (χ3v) is 1.39. The van der Waals surface area contributed by atoms with Gasteiger partial charge in [-0.05, 0) is 24.1 Å². The molecule has 0 amide bonds. The molecule has 0 unspecified atom stereocenters. The minimum Gasteiger partial charge on any atom is -0.480 e. The zero-order chi connectivity index (χ0) is 13.3. The second-order valence-corrected chi connectivity index (χ2v) is 2.44. The number of carboxylic acid groups (broad SMARTS) is 1. The van der Waals surface area contributed by atoms with E-state index in [1.165, 1.54) is 0 Å². The Morgan fingerprint density at radius 1 is 1.62 bits per heavy atom. The number of rotatable bonds is 3. The summed E-state index contributed by atoms with van der Waals surface area (Å²) in [6.45, 7) is 0. The summed E-state index contributed by atoms with van der Waals surface area (Å²) in [5, 5.41) is 8.60. The predicted octanol–water partition coefficient (Wildman–Crippen LogP) is 0.780. The van der Waals surface area contributed by atoms with Gasteiger partial charge in [0.1, 0.15) is 11.9 Å². The van der Waals surface area contributed by atoms with E-state index in [9.17, 15) is 9.18 Å². The van der Waals surface area contributed by atoms with Gasteiger partial charge in [-0.3, -0.25) is 4.79 Å². The third-order valence-electron chi connectivity index (χ3n) is 1.39. The monoisotopic (exact) mass is 187 g/mol. The van der Waals surface area contributed by atoms with E-state index in [1.54, 1.807) is 0 Å². The second kappa shape index (κ2) is 4.00. The summed E-state index contributed by atoms with van der Waals surface area (Å²) in [6.07, 6.45) is -0.384. The largest absolute Gasteiger partial charge is 0.480 e. The fourth-order valence-corrected chi connectivity index (χ4v) is 0.732. The maximum absolute atomic E-state index is 13.2. The standard InChI is InChI=1S/C9H10FNO2/c10-7-3-1-6(2-4-7)5-8(11)9(12)13/h1-4,8H,5,11H2,(H,12,13)/t8-/m0/s1/i1D,2D,3D,4D. The third kappa shape index (κ3) is 2.83. The zero-order valence-electron chi connectivity index (χ0n) is 10.6. The van der Waals surface area contributed by atoms with Gasteiger partial charge in [-0.25, -0.2) is 4.39 Å². The molecule has 0 bridgehead atoms. The average Bonchev–Trinajstić information content (AvgIpc) is 2.29. The molecule has 0 fully saturated rings. The molecule has 4 heteroatoms. The van der Waals surface area contributed by atoms with Gasteiger partial charge in [0.2, 0.25) is 0 Å². The predicted molar refractivity (Wildman–Crippen MR) is 45.7 cm³/mol. The maximum atomic E-state index is 13.2. The molecule has 0 aliphatic heterocycles. The van der Waals surface area contributed by atoms with Crippen LogP contribution in [-0.4, -0.2) is 17.1 Å². The highest BCUT2D eigenvalue weighted by molar-refractivity contribution is 5.73. The Morgan fingerprint density at radius 2 is 2.15 bits per heavy atom. The topological polar surface area (TPSA) is 63.3 Å². The number of carboxylic acids is 1. The van der Waals surface area contributed by atoms with E-state index in [2.05, 4.69) is 0 Å². The first-order valence-corrected chi connectivity index (χ1v) is 3.50. The summed E-state index contributed by atoms with van der Waals surface area (Å²) in [5.41, 5.74) is 5.04. The van der Waals surface area contributed by atoms with Crippen molar-refractivity contribution in [3.8, 4) is 0 Å². The number of hydrogen-bond acceptors (Lipinski definition) is 2. The van der Waals surface area contributed by atoms with E-state index in [-0.39, 0.29) is 12.0 Å². The Morgan fingerprint density at radius 3 is 2.62 bits per heavy atom. The number of carbonyl (C=O) groups is 1. The van der Waals surface area contributed by atoms with Gasteiger partial charge >= 0.3 is 5.97 Å². The Hall–Kier alpha value is -1.42. The van der Waals surface area contributed by atoms with E-state index in [0.29, 0.717) is 0 Å². The SMILES string of the molecule is [2H]c1c([2H])c(C[C@H](N)C(=O)O)c([2H])c([2H])c1F. The molecule has 0 aromatic heterocycles. The molecule has 13 heavy (non-hydrogen) atoms. The molecule has 0 saturated carbocycles. The average molecular weight is 187 g/mol. The van der Waals surface area contributed by atoms with E-state index >= 15 is 0 Å². The van der Waals surface area contributed by atoms with Crippen LogP contribution >= 0.6 is 0 Å². The summed E-state index contributed by atoms with van der Waals surface area (Å²) in [5.74, 6) is -2.58. The van der Waals surface area contributed by atoms with Crippen molar-refractivity contribution in [1.29, 1.82) is 0 Å². The summed E-state index contributed by atoms with van der Waals surface area (Å²) in [7, 11) is 0. The van der Waals surface area contributed by atoms with Crippen molar-refractivity contribution in [2.24, 2.45) is 5.73 Å². The lowest BCUT2D eigenvalue weighted by Gasteiger charge is -2.05. The summed E-state index contributed by atoms with van der Waals surface area (Å²) >= 11 is 0. The molecule has 0 saturated heterocycles.